The van der Waals surface area contributed by atoms with E-state index in [4.69, 9.17) is 9.47 Å². The summed E-state index contributed by atoms with van der Waals surface area (Å²) in [6.45, 7) is 12.8. The van der Waals surface area contributed by atoms with E-state index in [1.807, 2.05) is 4.90 Å². The van der Waals surface area contributed by atoms with Gasteiger partial charge in [-0.1, -0.05) is 17.9 Å². The van der Waals surface area contributed by atoms with E-state index < -0.39 is 28.7 Å². The first kappa shape index (κ1) is 27.5. The summed E-state index contributed by atoms with van der Waals surface area (Å²) in [4.78, 5) is 28.1. The highest BCUT2D eigenvalue weighted by atomic mass is 19.4. The summed E-state index contributed by atoms with van der Waals surface area (Å²) in [6, 6.07) is 3.47. The highest BCUT2D eigenvalue weighted by Gasteiger charge is 2.32. The van der Waals surface area contributed by atoms with Crippen molar-refractivity contribution >= 4 is 12.1 Å². The van der Waals surface area contributed by atoms with Crippen LogP contribution >= 0.6 is 0 Å². The lowest BCUT2D eigenvalue weighted by Crippen LogP contribution is -2.49. The van der Waals surface area contributed by atoms with E-state index in [9.17, 15) is 22.8 Å². The molecule has 0 aliphatic carbocycles. The number of esters is 1. The Hall–Kier alpha value is -2.73. The molecule has 6 nitrogen and oxygen atoms in total. The van der Waals surface area contributed by atoms with Crippen molar-refractivity contribution in [1.82, 2.24) is 9.80 Å². The number of hydrogen-bond donors (Lipinski definition) is 0. The van der Waals surface area contributed by atoms with Gasteiger partial charge in [0.05, 0.1) is 12.2 Å². The molecule has 0 bridgehead atoms. The molecule has 0 N–H and O–H groups in total. The van der Waals surface area contributed by atoms with Gasteiger partial charge in [-0.25, -0.2) is 4.79 Å². The van der Waals surface area contributed by atoms with Crippen molar-refractivity contribution < 1.29 is 32.2 Å². The third-order valence-electron chi connectivity index (χ3n) is 5.15. The van der Waals surface area contributed by atoms with Crippen LogP contribution in [-0.2, 0) is 27.0 Å². The molecular formula is C25H33F3N2O4. The first-order valence-electron chi connectivity index (χ1n) is 11.2. The van der Waals surface area contributed by atoms with Gasteiger partial charge in [0.1, 0.15) is 11.0 Å². The van der Waals surface area contributed by atoms with Crippen LogP contribution in [0.1, 0.15) is 58.2 Å². The summed E-state index contributed by atoms with van der Waals surface area (Å²) in [5.41, 5.74) is -1.73. The van der Waals surface area contributed by atoms with E-state index in [0.717, 1.165) is 12.1 Å². The second kappa shape index (κ2) is 10.7. The number of benzene rings is 1. The number of piperazine rings is 1. The molecule has 1 aliphatic rings. The lowest BCUT2D eigenvalue weighted by Gasteiger charge is -2.35. The lowest BCUT2D eigenvalue weighted by molar-refractivity contribution is -0.150. The largest absolute Gasteiger partial charge is 0.465 e. The molecule has 0 radical (unpaired) electrons. The number of alkyl halides is 3. The molecule has 9 heteroatoms. The summed E-state index contributed by atoms with van der Waals surface area (Å²) >= 11 is 0. The van der Waals surface area contributed by atoms with E-state index >= 15 is 0 Å². The Morgan fingerprint density at radius 1 is 1.03 bits per heavy atom. The van der Waals surface area contributed by atoms with Gasteiger partial charge in [-0.3, -0.25) is 9.69 Å². The maximum absolute atomic E-state index is 13.3. The molecule has 1 aliphatic heterocycles. The maximum atomic E-state index is 13.3. The van der Waals surface area contributed by atoms with Gasteiger partial charge < -0.3 is 14.4 Å². The van der Waals surface area contributed by atoms with Crippen molar-refractivity contribution in [2.45, 2.75) is 59.9 Å². The number of halogens is 3. The minimum absolute atomic E-state index is 0.189. The van der Waals surface area contributed by atoms with Gasteiger partial charge >= 0.3 is 18.2 Å². The molecule has 1 saturated heterocycles. The summed E-state index contributed by atoms with van der Waals surface area (Å²) in [6.07, 6.45) is -4.89. The number of nitrogens with zero attached hydrogens (tertiary/aromatic N) is 2. The third-order valence-corrected chi connectivity index (χ3v) is 5.15. The van der Waals surface area contributed by atoms with Gasteiger partial charge in [-0.2, -0.15) is 13.2 Å². The van der Waals surface area contributed by atoms with Crippen LogP contribution in [0.5, 0.6) is 0 Å². The molecule has 1 aromatic rings. The van der Waals surface area contributed by atoms with Crippen molar-refractivity contribution in [2.75, 3.05) is 32.8 Å². The van der Waals surface area contributed by atoms with Gasteiger partial charge in [0.15, 0.2) is 0 Å². The number of ether oxygens (including phenoxy) is 2. The van der Waals surface area contributed by atoms with Gasteiger partial charge in [-0.15, -0.1) is 0 Å². The number of rotatable bonds is 4. The first-order chi connectivity index (χ1) is 15.6. The van der Waals surface area contributed by atoms with Crippen LogP contribution < -0.4 is 0 Å². The van der Waals surface area contributed by atoms with Crippen LogP contribution in [-0.4, -0.2) is 60.2 Å². The van der Waals surface area contributed by atoms with Crippen LogP contribution in [0.2, 0.25) is 0 Å². The number of hydrogen-bond acceptors (Lipinski definition) is 5. The highest BCUT2D eigenvalue weighted by molar-refractivity contribution is 5.79. The average Bonchev–Trinajstić information content (AvgIpc) is 2.71. The van der Waals surface area contributed by atoms with Gasteiger partial charge in [0.25, 0.3) is 0 Å². The standard InChI is InChI=1S/C25H33F3N2O4/c1-7-33-21(31)24(5,6)11-10-18-16-20(25(26,27)28)9-8-19(18)17-29-12-14-30(15-13-29)22(32)34-23(2,3)4/h8-9,16H,7,12-15,17H2,1-6H3. The Morgan fingerprint density at radius 2 is 1.65 bits per heavy atom. The van der Waals surface area contributed by atoms with Crippen molar-refractivity contribution in [2.24, 2.45) is 5.41 Å². The van der Waals surface area contributed by atoms with Crippen LogP contribution in [0.15, 0.2) is 18.2 Å². The van der Waals surface area contributed by atoms with Crippen LogP contribution in [0.3, 0.4) is 0 Å². The zero-order valence-electron chi connectivity index (χ0n) is 20.6. The predicted octanol–water partition coefficient (Wildman–Crippen LogP) is 4.70. The SMILES string of the molecule is CCOC(=O)C(C)(C)C#Cc1cc(C(F)(F)F)ccc1CN1CCN(C(=O)OC(C)(C)C)CC1. The molecule has 34 heavy (non-hydrogen) atoms. The van der Waals surface area contributed by atoms with Gasteiger partial charge in [0.2, 0.25) is 0 Å². The molecule has 1 amide bonds. The molecular weight excluding hydrogens is 449 g/mol. The fourth-order valence-corrected chi connectivity index (χ4v) is 3.25. The lowest BCUT2D eigenvalue weighted by atomic mass is 9.93. The smallest absolute Gasteiger partial charge is 0.416 e. The monoisotopic (exact) mass is 482 g/mol. The van der Waals surface area contributed by atoms with E-state index in [2.05, 4.69) is 11.8 Å². The predicted molar refractivity (Wildman–Crippen MR) is 122 cm³/mol. The maximum Gasteiger partial charge on any atom is 0.416 e. The van der Waals surface area contributed by atoms with Crippen molar-refractivity contribution in [3.63, 3.8) is 0 Å². The van der Waals surface area contributed by atoms with Gasteiger partial charge in [-0.05, 0) is 59.2 Å². The molecule has 0 spiro atoms. The Morgan fingerprint density at radius 3 is 2.18 bits per heavy atom. The number of carbonyl (C=O) groups excluding carboxylic acids is 2. The normalized spacial score (nSPS) is 15.4. The summed E-state index contributed by atoms with van der Waals surface area (Å²) < 4.78 is 50.4. The quantitative estimate of drug-likeness (QED) is 0.460. The molecule has 1 heterocycles. The summed E-state index contributed by atoms with van der Waals surface area (Å²) in [5, 5.41) is 0. The summed E-state index contributed by atoms with van der Waals surface area (Å²) in [5.74, 6) is 5.03. The molecule has 1 fully saturated rings. The number of carbonyl (C=O) groups is 2. The Balaban J connectivity index is 2.21. The zero-order chi connectivity index (χ0) is 25.7. The van der Waals surface area contributed by atoms with E-state index in [0.29, 0.717) is 38.3 Å². The van der Waals surface area contributed by atoms with Crippen molar-refractivity contribution in [3.8, 4) is 11.8 Å². The molecule has 188 valence electrons. The molecule has 0 aromatic heterocycles. The minimum Gasteiger partial charge on any atom is -0.465 e. The zero-order valence-corrected chi connectivity index (χ0v) is 20.6. The second-order valence-corrected chi connectivity index (χ2v) is 9.71. The molecule has 0 saturated carbocycles. The Bertz CT molecular complexity index is 948. The van der Waals surface area contributed by atoms with E-state index in [-0.39, 0.29) is 18.3 Å². The Kier molecular flexibility index (Phi) is 8.65. The van der Waals surface area contributed by atoms with Crippen molar-refractivity contribution in [3.05, 3.63) is 34.9 Å². The highest BCUT2D eigenvalue weighted by Crippen LogP contribution is 2.31. The van der Waals surface area contributed by atoms with Gasteiger partial charge in [0, 0.05) is 38.3 Å². The molecule has 1 aromatic carbocycles. The number of amides is 1. The first-order valence-corrected chi connectivity index (χ1v) is 11.2. The average molecular weight is 483 g/mol. The topological polar surface area (TPSA) is 59.1 Å². The molecule has 2 rings (SSSR count). The van der Waals surface area contributed by atoms with E-state index in [1.165, 1.54) is 6.07 Å². The van der Waals surface area contributed by atoms with Crippen LogP contribution in [0.4, 0.5) is 18.0 Å². The van der Waals surface area contributed by atoms with Crippen LogP contribution in [0, 0.1) is 17.3 Å². The molecule has 0 atom stereocenters. The summed E-state index contributed by atoms with van der Waals surface area (Å²) in [7, 11) is 0. The van der Waals surface area contributed by atoms with E-state index in [1.54, 1.807) is 46.4 Å². The third kappa shape index (κ3) is 7.94. The minimum atomic E-state index is -4.51. The molecule has 0 unspecified atom stereocenters. The fraction of sp³-hybridized carbons (Fsp3) is 0.600. The Labute approximate surface area is 199 Å². The van der Waals surface area contributed by atoms with Crippen LogP contribution in [0.25, 0.3) is 0 Å². The fourth-order valence-electron chi connectivity index (χ4n) is 3.25. The second-order valence-electron chi connectivity index (χ2n) is 9.71. The van der Waals surface area contributed by atoms with Crippen molar-refractivity contribution in [1.29, 1.82) is 0 Å².